The van der Waals surface area contributed by atoms with Crippen LogP contribution in [0.2, 0.25) is 0 Å². The van der Waals surface area contributed by atoms with Crippen molar-refractivity contribution in [3.05, 3.63) is 0 Å². The van der Waals surface area contributed by atoms with Crippen molar-refractivity contribution in [3.8, 4) is 0 Å². The second kappa shape index (κ2) is 3.06. The molecule has 1 saturated heterocycles. The first-order valence-electron chi connectivity index (χ1n) is 4.38. The Labute approximate surface area is 79.2 Å². The summed E-state index contributed by atoms with van der Waals surface area (Å²) < 4.78 is 27.4. The summed E-state index contributed by atoms with van der Waals surface area (Å²) in [5, 5.41) is 0. The Bertz CT molecular complexity index is 227. The van der Waals surface area contributed by atoms with Gasteiger partial charge in [-0.25, -0.2) is 4.57 Å². The van der Waals surface area contributed by atoms with E-state index in [1.807, 2.05) is 27.7 Å². The summed E-state index contributed by atoms with van der Waals surface area (Å²) in [6.45, 7) is 9.43. The van der Waals surface area contributed by atoms with E-state index in [0.717, 1.165) is 0 Å². The average molecular weight is 208 g/mol. The van der Waals surface area contributed by atoms with Gasteiger partial charge in [-0.3, -0.25) is 13.6 Å². The number of hydrogen-bond acceptors (Lipinski definition) is 4. The molecule has 5 heteroatoms. The Morgan fingerprint density at radius 3 is 1.85 bits per heavy atom. The lowest BCUT2D eigenvalue weighted by molar-refractivity contribution is 0.00578. The molecule has 1 rings (SSSR count). The molecule has 1 aliphatic heterocycles. The molecule has 0 aromatic rings. The van der Waals surface area contributed by atoms with Crippen molar-refractivity contribution in [1.82, 2.24) is 0 Å². The van der Waals surface area contributed by atoms with Gasteiger partial charge in [-0.1, -0.05) is 0 Å². The molecule has 0 spiro atoms. The summed E-state index contributed by atoms with van der Waals surface area (Å²) in [4.78, 5) is 0. The SMILES string of the molecule is CCOP1(=O)OC(C)(C)C(C)(C)O1. The number of phosphoric acid groups is 1. The minimum atomic E-state index is -3.31. The van der Waals surface area contributed by atoms with Gasteiger partial charge in [0, 0.05) is 0 Å². The predicted molar refractivity (Wildman–Crippen MR) is 49.6 cm³/mol. The fraction of sp³-hybridized carbons (Fsp3) is 1.00. The summed E-state index contributed by atoms with van der Waals surface area (Å²) in [6.07, 6.45) is 0. The zero-order chi connectivity index (χ0) is 10.3. The van der Waals surface area contributed by atoms with E-state index in [4.69, 9.17) is 13.6 Å². The molecule has 4 nitrogen and oxygen atoms in total. The molecule has 0 bridgehead atoms. The molecule has 0 unspecified atom stereocenters. The molecule has 0 aromatic carbocycles. The third-order valence-corrected chi connectivity index (χ3v) is 4.35. The van der Waals surface area contributed by atoms with Crippen LogP contribution in [-0.2, 0) is 18.1 Å². The van der Waals surface area contributed by atoms with Gasteiger partial charge in [0.05, 0.1) is 6.61 Å². The molecular weight excluding hydrogens is 191 g/mol. The lowest BCUT2D eigenvalue weighted by Gasteiger charge is -2.28. The minimum Gasteiger partial charge on any atom is -0.287 e. The van der Waals surface area contributed by atoms with Crippen LogP contribution in [0.3, 0.4) is 0 Å². The second-order valence-corrected chi connectivity index (χ2v) is 5.59. The van der Waals surface area contributed by atoms with Crippen LogP contribution in [0.5, 0.6) is 0 Å². The molecule has 78 valence electrons. The summed E-state index contributed by atoms with van der Waals surface area (Å²) in [7, 11) is -3.31. The van der Waals surface area contributed by atoms with Gasteiger partial charge in [-0.15, -0.1) is 0 Å². The average Bonchev–Trinajstić information content (AvgIpc) is 1.96. The van der Waals surface area contributed by atoms with Crippen LogP contribution < -0.4 is 0 Å². The van der Waals surface area contributed by atoms with E-state index in [9.17, 15) is 4.57 Å². The van der Waals surface area contributed by atoms with Gasteiger partial charge >= 0.3 is 7.82 Å². The Morgan fingerprint density at radius 2 is 1.54 bits per heavy atom. The first-order chi connectivity index (χ1) is 5.72. The highest BCUT2D eigenvalue weighted by Crippen LogP contribution is 2.64. The van der Waals surface area contributed by atoms with Crippen LogP contribution in [0.4, 0.5) is 0 Å². The maximum absolute atomic E-state index is 11.8. The summed E-state index contributed by atoms with van der Waals surface area (Å²) in [6, 6.07) is 0. The zero-order valence-electron chi connectivity index (χ0n) is 8.79. The molecule has 0 radical (unpaired) electrons. The molecule has 13 heavy (non-hydrogen) atoms. The van der Waals surface area contributed by atoms with Crippen LogP contribution in [0.1, 0.15) is 34.6 Å². The molecule has 1 fully saturated rings. The number of rotatable bonds is 2. The zero-order valence-corrected chi connectivity index (χ0v) is 9.68. The third kappa shape index (κ3) is 1.96. The molecule has 1 heterocycles. The Balaban J connectivity index is 2.87. The van der Waals surface area contributed by atoms with Crippen LogP contribution in [0, 0.1) is 0 Å². The monoisotopic (exact) mass is 208 g/mol. The highest BCUT2D eigenvalue weighted by Gasteiger charge is 2.56. The highest BCUT2D eigenvalue weighted by molar-refractivity contribution is 7.48. The Morgan fingerprint density at radius 1 is 1.15 bits per heavy atom. The largest absolute Gasteiger partial charge is 0.476 e. The maximum Gasteiger partial charge on any atom is 0.476 e. The van der Waals surface area contributed by atoms with Gasteiger partial charge in [-0.2, -0.15) is 0 Å². The molecule has 1 aliphatic rings. The van der Waals surface area contributed by atoms with E-state index in [1.165, 1.54) is 0 Å². The van der Waals surface area contributed by atoms with Crippen molar-refractivity contribution in [2.75, 3.05) is 6.61 Å². The van der Waals surface area contributed by atoms with Gasteiger partial charge < -0.3 is 0 Å². The van der Waals surface area contributed by atoms with Gasteiger partial charge in [0.2, 0.25) is 0 Å². The van der Waals surface area contributed by atoms with Crippen molar-refractivity contribution in [3.63, 3.8) is 0 Å². The molecule has 0 aliphatic carbocycles. The molecule has 0 N–H and O–H groups in total. The van der Waals surface area contributed by atoms with Crippen molar-refractivity contribution in [2.24, 2.45) is 0 Å². The summed E-state index contributed by atoms with van der Waals surface area (Å²) in [5.74, 6) is 0. The molecular formula is C8H17O4P. The van der Waals surface area contributed by atoms with Crippen LogP contribution in [0.15, 0.2) is 0 Å². The molecule has 0 atom stereocenters. The van der Waals surface area contributed by atoms with Gasteiger partial charge in [-0.05, 0) is 34.6 Å². The van der Waals surface area contributed by atoms with Crippen molar-refractivity contribution < 1.29 is 18.1 Å². The van der Waals surface area contributed by atoms with Gasteiger partial charge in [0.25, 0.3) is 0 Å². The Kier molecular flexibility index (Phi) is 2.63. The fourth-order valence-electron chi connectivity index (χ4n) is 1.01. The Hall–Kier alpha value is 0.110. The normalized spacial score (nSPS) is 29.0. The summed E-state index contributed by atoms with van der Waals surface area (Å²) >= 11 is 0. The standard InChI is InChI=1S/C8H17O4P/c1-6-10-13(9)11-7(2,3)8(4,5)12-13/h6H2,1-5H3. The minimum absolute atomic E-state index is 0.323. The van der Waals surface area contributed by atoms with E-state index in [0.29, 0.717) is 6.61 Å². The summed E-state index contributed by atoms with van der Waals surface area (Å²) in [5.41, 5.74) is -1.17. The smallest absolute Gasteiger partial charge is 0.287 e. The lowest BCUT2D eigenvalue weighted by atomic mass is 9.90. The molecule has 0 aromatic heterocycles. The van der Waals surface area contributed by atoms with E-state index < -0.39 is 19.0 Å². The predicted octanol–water partition coefficient (Wildman–Crippen LogP) is 2.74. The van der Waals surface area contributed by atoms with Crippen LogP contribution in [-0.4, -0.2) is 17.8 Å². The van der Waals surface area contributed by atoms with E-state index in [1.54, 1.807) is 6.92 Å². The van der Waals surface area contributed by atoms with Crippen molar-refractivity contribution in [1.29, 1.82) is 0 Å². The molecule has 0 amide bonds. The fourth-order valence-corrected chi connectivity index (χ4v) is 3.02. The quantitative estimate of drug-likeness (QED) is 0.654. The van der Waals surface area contributed by atoms with Crippen LogP contribution in [0.25, 0.3) is 0 Å². The van der Waals surface area contributed by atoms with Gasteiger partial charge in [0.1, 0.15) is 11.2 Å². The third-order valence-electron chi connectivity index (χ3n) is 2.42. The lowest BCUT2D eigenvalue weighted by Crippen LogP contribution is -2.41. The number of hydrogen-bond donors (Lipinski definition) is 0. The van der Waals surface area contributed by atoms with Crippen LogP contribution >= 0.6 is 7.82 Å². The second-order valence-electron chi connectivity index (χ2n) is 4.07. The molecule has 0 saturated carbocycles. The van der Waals surface area contributed by atoms with Gasteiger partial charge in [0.15, 0.2) is 0 Å². The van der Waals surface area contributed by atoms with E-state index in [2.05, 4.69) is 0 Å². The first-order valence-corrected chi connectivity index (χ1v) is 5.84. The first kappa shape index (κ1) is 11.2. The van der Waals surface area contributed by atoms with Crippen molar-refractivity contribution in [2.45, 2.75) is 45.8 Å². The maximum atomic E-state index is 11.8. The number of phosphoric ester groups is 1. The topological polar surface area (TPSA) is 44.8 Å². The van der Waals surface area contributed by atoms with E-state index in [-0.39, 0.29) is 0 Å². The highest BCUT2D eigenvalue weighted by atomic mass is 31.2. The van der Waals surface area contributed by atoms with Crippen molar-refractivity contribution >= 4 is 7.82 Å². The van der Waals surface area contributed by atoms with E-state index >= 15 is 0 Å².